The summed E-state index contributed by atoms with van der Waals surface area (Å²) in [6.07, 6.45) is 7.40. The highest BCUT2D eigenvalue weighted by Crippen LogP contribution is 2.33. The van der Waals surface area contributed by atoms with E-state index in [0.29, 0.717) is 12.1 Å². The van der Waals surface area contributed by atoms with E-state index in [-0.39, 0.29) is 10.5 Å². The second-order valence-corrected chi connectivity index (χ2v) is 6.08. The van der Waals surface area contributed by atoms with Crippen LogP contribution in [0.1, 0.15) is 19.3 Å². The lowest BCUT2D eigenvalue weighted by Gasteiger charge is -2.14. The predicted molar refractivity (Wildman–Crippen MR) is 51.8 cm³/mol. The van der Waals surface area contributed by atoms with Crippen LogP contribution in [-0.4, -0.2) is 18.9 Å². The van der Waals surface area contributed by atoms with Crippen LogP contribution in [0.4, 0.5) is 0 Å². The van der Waals surface area contributed by atoms with Gasteiger partial charge in [-0.2, -0.15) is 0 Å². The van der Waals surface area contributed by atoms with Gasteiger partial charge in [0.1, 0.15) is 0 Å². The highest BCUT2D eigenvalue weighted by Gasteiger charge is 2.40. The number of nitrogens with two attached hydrogens (primary N) is 1. The van der Waals surface area contributed by atoms with Gasteiger partial charge in [-0.25, -0.2) is 8.42 Å². The minimum atomic E-state index is -2.90. The number of allylic oxidation sites excluding steroid dienone is 2. The fraction of sp³-hybridized carbons (Fsp3) is 0.556. The van der Waals surface area contributed by atoms with Crippen LogP contribution in [0, 0.1) is 0 Å². The molecular weight excluding hydrogens is 186 g/mol. The summed E-state index contributed by atoms with van der Waals surface area (Å²) in [6, 6.07) is 0. The smallest absolute Gasteiger partial charge is 0.159 e. The number of hydrogen-bond acceptors (Lipinski definition) is 3. The van der Waals surface area contributed by atoms with Crippen LogP contribution in [0.2, 0.25) is 0 Å². The Balaban J connectivity index is 2.16. The molecule has 0 aromatic rings. The summed E-state index contributed by atoms with van der Waals surface area (Å²) < 4.78 is 23.5. The van der Waals surface area contributed by atoms with Crippen LogP contribution in [-0.2, 0) is 9.84 Å². The maximum atomic E-state index is 11.7. The largest absolute Gasteiger partial charge is 0.399 e. The van der Waals surface area contributed by atoms with Gasteiger partial charge < -0.3 is 5.73 Å². The molecule has 1 unspecified atom stereocenters. The fourth-order valence-corrected chi connectivity index (χ4v) is 3.45. The molecule has 0 saturated heterocycles. The van der Waals surface area contributed by atoms with Crippen molar-refractivity contribution in [3.63, 3.8) is 0 Å². The third-order valence-electron chi connectivity index (χ3n) is 2.50. The molecule has 0 aromatic heterocycles. The summed E-state index contributed by atoms with van der Waals surface area (Å²) in [6.45, 7) is 0. The van der Waals surface area contributed by atoms with Crippen molar-refractivity contribution in [3.05, 3.63) is 23.9 Å². The van der Waals surface area contributed by atoms with Crippen molar-refractivity contribution in [2.45, 2.75) is 29.8 Å². The lowest BCUT2D eigenvalue weighted by molar-refractivity contribution is 0.586. The highest BCUT2D eigenvalue weighted by atomic mass is 32.2. The van der Waals surface area contributed by atoms with Crippen molar-refractivity contribution in [3.8, 4) is 0 Å². The molecule has 13 heavy (non-hydrogen) atoms. The molecular formula is C9H13NO2S. The monoisotopic (exact) mass is 199 g/mol. The zero-order chi connectivity index (χ0) is 9.47. The van der Waals surface area contributed by atoms with Gasteiger partial charge in [0.15, 0.2) is 9.84 Å². The Hall–Kier alpha value is -0.770. The Bertz CT molecular complexity index is 363. The maximum Gasteiger partial charge on any atom is 0.159 e. The average Bonchev–Trinajstić information content (AvgIpc) is 2.87. The highest BCUT2D eigenvalue weighted by molar-refractivity contribution is 7.93. The molecule has 1 atom stereocenters. The summed E-state index contributed by atoms with van der Waals surface area (Å²) >= 11 is 0. The Morgan fingerprint density at radius 1 is 1.38 bits per heavy atom. The number of hydrogen-bond donors (Lipinski definition) is 1. The third-order valence-corrected chi connectivity index (χ3v) is 5.09. The molecule has 0 heterocycles. The van der Waals surface area contributed by atoms with E-state index in [9.17, 15) is 8.42 Å². The quantitative estimate of drug-likeness (QED) is 0.713. The van der Waals surface area contributed by atoms with E-state index >= 15 is 0 Å². The van der Waals surface area contributed by atoms with Crippen molar-refractivity contribution in [2.75, 3.05) is 0 Å². The minimum Gasteiger partial charge on any atom is -0.399 e. The first-order valence-electron chi connectivity index (χ1n) is 4.47. The summed E-state index contributed by atoms with van der Waals surface area (Å²) in [5.74, 6) is 0. The molecule has 0 radical (unpaired) electrons. The van der Waals surface area contributed by atoms with Gasteiger partial charge in [0.2, 0.25) is 0 Å². The Labute approximate surface area is 78.2 Å². The van der Waals surface area contributed by atoms with E-state index in [1.165, 1.54) is 0 Å². The fourth-order valence-electron chi connectivity index (χ4n) is 1.50. The first-order valence-corrected chi connectivity index (χ1v) is 6.08. The van der Waals surface area contributed by atoms with Gasteiger partial charge in [-0.3, -0.25) is 0 Å². The van der Waals surface area contributed by atoms with Gasteiger partial charge in [-0.15, -0.1) is 0 Å². The van der Waals surface area contributed by atoms with Crippen molar-refractivity contribution < 1.29 is 8.42 Å². The predicted octanol–water partition coefficient (Wildman–Crippen LogP) is 0.735. The summed E-state index contributed by atoms with van der Waals surface area (Å²) in [5.41, 5.74) is 6.18. The standard InChI is InChI=1S/C9H13NO2S/c10-7-1-3-8(4-2-7)13(11,12)9-5-6-9/h1-3,8-9H,4-6,10H2. The van der Waals surface area contributed by atoms with Gasteiger partial charge in [0.05, 0.1) is 10.5 Å². The van der Waals surface area contributed by atoms with E-state index in [0.717, 1.165) is 12.8 Å². The van der Waals surface area contributed by atoms with Crippen LogP contribution < -0.4 is 5.73 Å². The molecule has 72 valence electrons. The summed E-state index contributed by atoms with van der Waals surface area (Å²) in [5, 5.41) is -0.401. The van der Waals surface area contributed by atoms with Gasteiger partial charge in [0, 0.05) is 5.70 Å². The van der Waals surface area contributed by atoms with Crippen LogP contribution >= 0.6 is 0 Å². The molecule has 0 aliphatic heterocycles. The zero-order valence-electron chi connectivity index (χ0n) is 7.31. The van der Waals surface area contributed by atoms with Gasteiger partial charge in [-0.05, 0) is 25.3 Å². The molecule has 0 bridgehead atoms. The molecule has 0 spiro atoms. The number of rotatable bonds is 2. The maximum absolute atomic E-state index is 11.7. The Morgan fingerprint density at radius 3 is 2.54 bits per heavy atom. The summed E-state index contributed by atoms with van der Waals surface area (Å²) in [7, 11) is -2.90. The lowest BCUT2D eigenvalue weighted by atomic mass is 10.1. The van der Waals surface area contributed by atoms with Gasteiger partial charge >= 0.3 is 0 Å². The second-order valence-electron chi connectivity index (χ2n) is 3.63. The van der Waals surface area contributed by atoms with E-state index in [1.807, 2.05) is 0 Å². The van der Waals surface area contributed by atoms with Gasteiger partial charge in [-0.1, -0.05) is 12.2 Å². The van der Waals surface area contributed by atoms with Crippen molar-refractivity contribution in [1.29, 1.82) is 0 Å². The Morgan fingerprint density at radius 2 is 2.08 bits per heavy atom. The van der Waals surface area contributed by atoms with Crippen LogP contribution in [0.25, 0.3) is 0 Å². The molecule has 2 aliphatic rings. The molecule has 2 aliphatic carbocycles. The SMILES string of the molecule is NC1=CCC(S(=O)(=O)C2CC2)C=C1. The third kappa shape index (κ3) is 1.63. The normalized spacial score (nSPS) is 28.6. The van der Waals surface area contributed by atoms with E-state index in [4.69, 9.17) is 5.73 Å². The minimum absolute atomic E-state index is 0.0742. The molecule has 3 nitrogen and oxygen atoms in total. The van der Waals surface area contributed by atoms with Crippen molar-refractivity contribution >= 4 is 9.84 Å². The molecule has 2 N–H and O–H groups in total. The second kappa shape index (κ2) is 2.87. The number of sulfone groups is 1. The molecule has 0 amide bonds. The molecule has 2 rings (SSSR count). The first-order chi connectivity index (χ1) is 6.10. The van der Waals surface area contributed by atoms with Crippen LogP contribution in [0.3, 0.4) is 0 Å². The zero-order valence-corrected chi connectivity index (χ0v) is 8.13. The van der Waals surface area contributed by atoms with Crippen LogP contribution in [0.5, 0.6) is 0 Å². The Kier molecular flexibility index (Phi) is 1.95. The van der Waals surface area contributed by atoms with E-state index in [2.05, 4.69) is 0 Å². The average molecular weight is 199 g/mol. The van der Waals surface area contributed by atoms with Gasteiger partial charge in [0.25, 0.3) is 0 Å². The molecule has 4 heteroatoms. The molecule has 1 saturated carbocycles. The van der Waals surface area contributed by atoms with Crippen molar-refractivity contribution in [1.82, 2.24) is 0 Å². The summed E-state index contributed by atoms with van der Waals surface area (Å²) in [4.78, 5) is 0. The van der Waals surface area contributed by atoms with E-state index in [1.54, 1.807) is 18.2 Å². The molecule has 0 aromatic carbocycles. The topological polar surface area (TPSA) is 60.2 Å². The molecule has 1 fully saturated rings. The van der Waals surface area contributed by atoms with Crippen molar-refractivity contribution in [2.24, 2.45) is 5.73 Å². The lowest BCUT2D eigenvalue weighted by Crippen LogP contribution is -2.24. The first kappa shape index (κ1) is 8.81. The van der Waals surface area contributed by atoms with E-state index < -0.39 is 9.84 Å². The van der Waals surface area contributed by atoms with Crippen LogP contribution in [0.15, 0.2) is 23.9 Å².